The molecule has 2 rings (SSSR count). The van der Waals surface area contributed by atoms with Crippen LogP contribution in [0.15, 0.2) is 18.2 Å². The van der Waals surface area contributed by atoms with Gasteiger partial charge in [-0.2, -0.15) is 5.26 Å². The van der Waals surface area contributed by atoms with Crippen LogP contribution in [-0.2, 0) is 9.53 Å². The average molecular weight is 350 g/mol. The molecule has 1 saturated carbocycles. The Kier molecular flexibility index (Phi) is 5.68. The van der Waals surface area contributed by atoms with Crippen LogP contribution in [0.2, 0.25) is 5.02 Å². The lowest BCUT2D eigenvalue weighted by molar-refractivity contribution is -0.138. The van der Waals surface area contributed by atoms with Crippen molar-refractivity contribution in [1.82, 2.24) is 4.90 Å². The fourth-order valence-electron chi connectivity index (χ4n) is 2.92. The van der Waals surface area contributed by atoms with Gasteiger partial charge in [0, 0.05) is 17.8 Å². The van der Waals surface area contributed by atoms with Crippen LogP contribution in [0.25, 0.3) is 0 Å². The first-order valence-electron chi connectivity index (χ1n) is 7.80. The van der Waals surface area contributed by atoms with Crippen LogP contribution in [0.4, 0.5) is 5.69 Å². The van der Waals surface area contributed by atoms with Crippen LogP contribution in [0.5, 0.6) is 0 Å². The Bertz CT molecular complexity index is 678. The largest absolute Gasteiger partial charge is 0.452 e. The first-order valence-corrected chi connectivity index (χ1v) is 8.17. The van der Waals surface area contributed by atoms with Crippen LogP contribution in [0.1, 0.15) is 42.5 Å². The number of nitrogen functional groups attached to an aromatic ring is 1. The SMILES string of the molecule is CN(C(=O)COC(=O)c1ccc(Cl)cc1N)C1(C#N)CCCCC1. The standard InChI is InChI=1S/C17H20ClN3O3/c1-21(17(11-19)7-3-2-4-8-17)15(22)10-24-16(23)13-6-5-12(18)9-14(13)20/h5-6,9H,2-4,7-8,10,20H2,1H3. The van der Waals surface area contributed by atoms with Crippen molar-refractivity contribution < 1.29 is 14.3 Å². The number of carbonyl (C=O) groups excluding carboxylic acids is 2. The van der Waals surface area contributed by atoms with Crippen LogP contribution in [0, 0.1) is 11.3 Å². The van der Waals surface area contributed by atoms with Gasteiger partial charge in [0.25, 0.3) is 5.91 Å². The highest BCUT2D eigenvalue weighted by Gasteiger charge is 2.39. The molecule has 0 radical (unpaired) electrons. The van der Waals surface area contributed by atoms with Crippen molar-refractivity contribution in [3.8, 4) is 6.07 Å². The molecule has 0 aliphatic heterocycles. The van der Waals surface area contributed by atoms with Gasteiger partial charge in [0.2, 0.25) is 0 Å². The van der Waals surface area contributed by atoms with E-state index in [0.29, 0.717) is 17.9 Å². The third-order valence-electron chi connectivity index (χ3n) is 4.47. The van der Waals surface area contributed by atoms with Gasteiger partial charge in [-0.3, -0.25) is 4.79 Å². The number of nitriles is 1. The Hall–Kier alpha value is -2.26. The number of nitrogens with zero attached hydrogens (tertiary/aromatic N) is 2. The highest BCUT2D eigenvalue weighted by atomic mass is 35.5. The fourth-order valence-corrected chi connectivity index (χ4v) is 3.10. The maximum Gasteiger partial charge on any atom is 0.340 e. The van der Waals surface area contributed by atoms with Crippen molar-refractivity contribution in [2.45, 2.75) is 37.6 Å². The third kappa shape index (κ3) is 3.80. The van der Waals surface area contributed by atoms with Gasteiger partial charge in [-0.1, -0.05) is 30.9 Å². The van der Waals surface area contributed by atoms with E-state index < -0.39 is 24.0 Å². The molecule has 0 atom stereocenters. The lowest BCUT2D eigenvalue weighted by Gasteiger charge is -2.38. The number of hydrogen-bond acceptors (Lipinski definition) is 5. The molecule has 1 fully saturated rings. The summed E-state index contributed by atoms with van der Waals surface area (Å²) in [4.78, 5) is 25.8. The molecule has 2 N–H and O–H groups in total. The van der Waals surface area contributed by atoms with Crippen LogP contribution in [0.3, 0.4) is 0 Å². The summed E-state index contributed by atoms with van der Waals surface area (Å²) in [5, 5.41) is 9.91. The number of likely N-dealkylation sites (N-methyl/N-ethyl adjacent to an activating group) is 1. The second-order valence-electron chi connectivity index (χ2n) is 5.96. The molecule has 6 nitrogen and oxygen atoms in total. The van der Waals surface area contributed by atoms with Gasteiger partial charge in [0.05, 0.1) is 11.6 Å². The number of rotatable bonds is 4. The van der Waals surface area contributed by atoms with Crippen molar-refractivity contribution in [2.24, 2.45) is 0 Å². The molecule has 1 aliphatic carbocycles. The first kappa shape index (κ1) is 18.1. The zero-order chi connectivity index (χ0) is 17.7. The minimum atomic E-state index is -0.805. The normalized spacial score (nSPS) is 16.0. The second-order valence-corrected chi connectivity index (χ2v) is 6.40. The number of benzene rings is 1. The molecule has 1 aromatic carbocycles. The van der Waals surface area contributed by atoms with Crippen molar-refractivity contribution in [3.63, 3.8) is 0 Å². The average Bonchev–Trinajstić information content (AvgIpc) is 2.59. The molecule has 1 aliphatic rings. The summed E-state index contributed by atoms with van der Waals surface area (Å²) < 4.78 is 5.05. The topological polar surface area (TPSA) is 96.4 Å². The Morgan fingerprint density at radius 2 is 2.04 bits per heavy atom. The number of hydrogen-bond donors (Lipinski definition) is 1. The zero-order valence-corrected chi connectivity index (χ0v) is 14.3. The first-order chi connectivity index (χ1) is 11.4. The van der Waals surface area contributed by atoms with E-state index in [0.717, 1.165) is 19.3 Å². The van der Waals surface area contributed by atoms with Gasteiger partial charge in [-0.05, 0) is 31.0 Å². The summed E-state index contributed by atoms with van der Waals surface area (Å²) in [6.07, 6.45) is 4.17. The Labute approximate surface area is 146 Å². The number of ether oxygens (including phenoxy) is 1. The Morgan fingerprint density at radius 1 is 1.38 bits per heavy atom. The minimum Gasteiger partial charge on any atom is -0.452 e. The van der Waals surface area contributed by atoms with E-state index in [-0.39, 0.29) is 11.3 Å². The summed E-state index contributed by atoms with van der Waals surface area (Å²) in [5.41, 5.74) is 5.26. The lowest BCUT2D eigenvalue weighted by Crippen LogP contribution is -2.51. The minimum absolute atomic E-state index is 0.155. The van der Waals surface area contributed by atoms with E-state index in [1.165, 1.54) is 23.1 Å². The van der Waals surface area contributed by atoms with E-state index in [1.807, 2.05) is 0 Å². The summed E-state index contributed by atoms with van der Waals surface area (Å²) >= 11 is 5.78. The summed E-state index contributed by atoms with van der Waals surface area (Å²) in [7, 11) is 1.58. The monoisotopic (exact) mass is 349 g/mol. The van der Waals surface area contributed by atoms with Crippen LogP contribution >= 0.6 is 11.6 Å². The summed E-state index contributed by atoms with van der Waals surface area (Å²) in [6, 6.07) is 6.68. The fraction of sp³-hybridized carbons (Fsp3) is 0.471. The molecule has 1 aromatic rings. The van der Waals surface area contributed by atoms with Crippen LogP contribution < -0.4 is 5.73 Å². The van der Waals surface area contributed by atoms with Gasteiger partial charge in [-0.15, -0.1) is 0 Å². The number of halogens is 1. The van der Waals surface area contributed by atoms with Gasteiger partial charge < -0.3 is 15.4 Å². The maximum absolute atomic E-state index is 12.3. The van der Waals surface area contributed by atoms with E-state index >= 15 is 0 Å². The van der Waals surface area contributed by atoms with Crippen molar-refractivity contribution in [1.29, 1.82) is 5.26 Å². The second kappa shape index (κ2) is 7.54. The van der Waals surface area contributed by atoms with Crippen molar-refractivity contribution >= 4 is 29.2 Å². The maximum atomic E-state index is 12.3. The van der Waals surface area contributed by atoms with Crippen molar-refractivity contribution in [3.05, 3.63) is 28.8 Å². The highest BCUT2D eigenvalue weighted by molar-refractivity contribution is 6.31. The Balaban J connectivity index is 1.99. The zero-order valence-electron chi connectivity index (χ0n) is 13.5. The number of esters is 1. The summed E-state index contributed by atoms with van der Waals surface area (Å²) in [5.74, 6) is -1.10. The molecule has 0 saturated heterocycles. The molecule has 0 aromatic heterocycles. The quantitative estimate of drug-likeness (QED) is 0.666. The van der Waals surface area contributed by atoms with E-state index in [4.69, 9.17) is 22.1 Å². The van der Waals surface area contributed by atoms with Crippen LogP contribution in [-0.4, -0.2) is 36.0 Å². The molecule has 24 heavy (non-hydrogen) atoms. The number of amides is 1. The van der Waals surface area contributed by atoms with Crippen molar-refractivity contribution in [2.75, 3.05) is 19.4 Å². The molecule has 1 amide bonds. The molecule has 128 valence electrons. The predicted octanol–water partition coefficient (Wildman–Crippen LogP) is 2.76. The number of nitrogens with two attached hydrogens (primary N) is 1. The highest BCUT2D eigenvalue weighted by Crippen LogP contribution is 2.32. The molecular formula is C17H20ClN3O3. The molecule has 0 bridgehead atoms. The van der Waals surface area contributed by atoms with E-state index in [1.54, 1.807) is 7.05 Å². The van der Waals surface area contributed by atoms with Gasteiger partial charge in [0.1, 0.15) is 5.54 Å². The van der Waals surface area contributed by atoms with Gasteiger partial charge >= 0.3 is 5.97 Å². The smallest absolute Gasteiger partial charge is 0.340 e. The third-order valence-corrected chi connectivity index (χ3v) is 4.70. The number of anilines is 1. The van der Waals surface area contributed by atoms with Gasteiger partial charge in [-0.25, -0.2) is 4.79 Å². The molecule has 7 heteroatoms. The number of carbonyl (C=O) groups is 2. The molecule has 0 unspecified atom stereocenters. The predicted molar refractivity (Wildman–Crippen MR) is 90.3 cm³/mol. The van der Waals surface area contributed by atoms with E-state index in [2.05, 4.69) is 6.07 Å². The molecule has 0 spiro atoms. The Morgan fingerprint density at radius 3 is 2.62 bits per heavy atom. The summed E-state index contributed by atoms with van der Waals surface area (Å²) in [6.45, 7) is -0.430. The van der Waals surface area contributed by atoms with Gasteiger partial charge in [0.15, 0.2) is 6.61 Å². The molecular weight excluding hydrogens is 330 g/mol. The molecule has 0 heterocycles. The lowest BCUT2D eigenvalue weighted by atomic mass is 9.81. The van der Waals surface area contributed by atoms with E-state index in [9.17, 15) is 14.9 Å².